The van der Waals surface area contributed by atoms with Gasteiger partial charge in [-0.25, -0.2) is 4.39 Å². The number of Topliss-reactive ketones (excluding diaryl/α,β-unsaturated/α-hetero) is 1. The van der Waals surface area contributed by atoms with Gasteiger partial charge in [0, 0.05) is 37.3 Å². The van der Waals surface area contributed by atoms with Crippen molar-refractivity contribution < 1.29 is 28.6 Å². The number of aryl methyl sites for hydroxylation is 1. The average molecular weight is 469 g/mol. The Kier molecular flexibility index (Phi) is 7.29. The summed E-state index contributed by atoms with van der Waals surface area (Å²) in [7, 11) is 0. The number of carbonyl (C=O) groups is 2. The largest absolute Gasteiger partial charge is 0.507 e. The molecule has 2 aromatic rings. The number of nitrogens with zero attached hydrogens (tertiary/aromatic N) is 2. The van der Waals surface area contributed by atoms with Crippen molar-refractivity contribution in [1.82, 2.24) is 9.80 Å². The van der Waals surface area contributed by atoms with Crippen LogP contribution in [0.4, 0.5) is 4.39 Å². The minimum atomic E-state index is -1.02. The molecule has 4 rings (SSSR count). The number of amides is 1. The lowest BCUT2D eigenvalue weighted by Gasteiger charge is -2.31. The molecule has 2 aromatic carbocycles. The van der Waals surface area contributed by atoms with E-state index in [2.05, 4.69) is 4.90 Å². The molecule has 2 aliphatic heterocycles. The van der Waals surface area contributed by atoms with E-state index in [1.165, 1.54) is 11.0 Å². The van der Waals surface area contributed by atoms with Crippen LogP contribution >= 0.6 is 0 Å². The molecule has 2 saturated heterocycles. The summed E-state index contributed by atoms with van der Waals surface area (Å²) < 4.78 is 25.8. The van der Waals surface area contributed by atoms with E-state index < -0.39 is 23.5 Å². The fraction of sp³-hybridized carbons (Fsp3) is 0.385. The fourth-order valence-corrected chi connectivity index (χ4v) is 4.47. The molecule has 2 fully saturated rings. The Hall–Kier alpha value is -3.23. The highest BCUT2D eigenvalue weighted by Gasteiger charge is 2.46. The van der Waals surface area contributed by atoms with Crippen LogP contribution in [0.3, 0.4) is 0 Å². The van der Waals surface area contributed by atoms with Crippen molar-refractivity contribution in [3.63, 3.8) is 0 Å². The molecule has 1 amide bonds. The third kappa shape index (κ3) is 4.69. The molecule has 8 heteroatoms. The first-order valence-electron chi connectivity index (χ1n) is 11.5. The molecule has 0 radical (unpaired) electrons. The number of ether oxygens (including phenoxy) is 2. The number of rotatable bonds is 7. The fourth-order valence-electron chi connectivity index (χ4n) is 4.47. The van der Waals surface area contributed by atoms with Crippen LogP contribution in [0.15, 0.2) is 48.0 Å². The van der Waals surface area contributed by atoms with E-state index in [9.17, 15) is 19.1 Å². The summed E-state index contributed by atoms with van der Waals surface area (Å²) in [5.41, 5.74) is 1.21. The van der Waals surface area contributed by atoms with Gasteiger partial charge in [0.15, 0.2) is 0 Å². The monoisotopic (exact) mass is 468 g/mol. The highest BCUT2D eigenvalue weighted by Crippen LogP contribution is 2.40. The predicted octanol–water partition coefficient (Wildman–Crippen LogP) is 3.29. The van der Waals surface area contributed by atoms with Crippen LogP contribution in [0, 0.1) is 12.7 Å². The van der Waals surface area contributed by atoms with Gasteiger partial charge in [0.2, 0.25) is 0 Å². The summed E-state index contributed by atoms with van der Waals surface area (Å²) in [4.78, 5) is 29.7. The molecule has 34 heavy (non-hydrogen) atoms. The highest BCUT2D eigenvalue weighted by molar-refractivity contribution is 6.46. The summed E-state index contributed by atoms with van der Waals surface area (Å²) >= 11 is 0. The highest BCUT2D eigenvalue weighted by atomic mass is 19.1. The zero-order chi connectivity index (χ0) is 24.2. The Bertz CT molecular complexity index is 1110. The van der Waals surface area contributed by atoms with E-state index in [4.69, 9.17) is 9.47 Å². The summed E-state index contributed by atoms with van der Waals surface area (Å²) in [6, 6.07) is 10.1. The molecule has 0 saturated carbocycles. The maximum atomic E-state index is 14.9. The zero-order valence-electron chi connectivity index (χ0n) is 19.4. The lowest BCUT2D eigenvalue weighted by atomic mass is 9.94. The van der Waals surface area contributed by atoms with Gasteiger partial charge < -0.3 is 19.5 Å². The standard InChI is InChI=1S/C26H29FN2O5/c1-3-34-21-9-8-18(16-17(21)2)24(30)22-23(19-6-4-5-7-20(19)27)29(26(32)25(22)31)11-10-28-12-14-33-15-13-28/h4-9,16,23,30H,3,10-15H2,1-2H3/t23-/m1/s1. The van der Waals surface area contributed by atoms with E-state index >= 15 is 0 Å². The van der Waals surface area contributed by atoms with Crippen molar-refractivity contribution in [3.8, 4) is 5.75 Å². The molecule has 2 heterocycles. The van der Waals surface area contributed by atoms with Crippen molar-refractivity contribution in [3.05, 3.63) is 70.5 Å². The lowest BCUT2D eigenvalue weighted by molar-refractivity contribution is -0.140. The molecular weight excluding hydrogens is 439 g/mol. The second-order valence-corrected chi connectivity index (χ2v) is 8.38. The molecule has 0 bridgehead atoms. The van der Waals surface area contributed by atoms with E-state index in [-0.39, 0.29) is 23.4 Å². The molecule has 7 nitrogen and oxygen atoms in total. The average Bonchev–Trinajstić information content (AvgIpc) is 3.09. The number of carbonyl (C=O) groups excluding carboxylic acids is 2. The minimum Gasteiger partial charge on any atom is -0.507 e. The molecule has 2 aliphatic rings. The Morgan fingerprint density at radius 2 is 1.88 bits per heavy atom. The number of hydrogen-bond donors (Lipinski definition) is 1. The Morgan fingerprint density at radius 3 is 2.56 bits per heavy atom. The maximum Gasteiger partial charge on any atom is 0.295 e. The third-order valence-electron chi connectivity index (χ3n) is 6.25. The number of aliphatic hydroxyl groups excluding tert-OH is 1. The van der Waals surface area contributed by atoms with E-state index in [0.29, 0.717) is 37.7 Å². The normalized spacial score (nSPS) is 20.7. The number of likely N-dealkylation sites (tertiary alicyclic amines) is 1. The van der Waals surface area contributed by atoms with Gasteiger partial charge >= 0.3 is 0 Å². The first-order chi connectivity index (χ1) is 16.4. The van der Waals surface area contributed by atoms with Crippen LogP contribution in [0.1, 0.15) is 29.7 Å². The first kappa shape index (κ1) is 23.9. The zero-order valence-corrected chi connectivity index (χ0v) is 19.4. The molecule has 1 N–H and O–H groups in total. The van der Waals surface area contributed by atoms with Crippen molar-refractivity contribution in [1.29, 1.82) is 0 Å². The lowest BCUT2D eigenvalue weighted by Crippen LogP contribution is -2.42. The van der Waals surface area contributed by atoms with Crippen LogP contribution in [-0.4, -0.2) is 72.6 Å². The first-order valence-corrected chi connectivity index (χ1v) is 11.5. The molecule has 180 valence electrons. The van der Waals surface area contributed by atoms with Crippen molar-refractivity contribution in [2.45, 2.75) is 19.9 Å². The second-order valence-electron chi connectivity index (χ2n) is 8.38. The van der Waals surface area contributed by atoms with E-state index in [1.54, 1.807) is 36.4 Å². The number of morpholine rings is 1. The van der Waals surface area contributed by atoms with Crippen molar-refractivity contribution in [2.75, 3.05) is 46.0 Å². The van der Waals surface area contributed by atoms with Gasteiger partial charge in [-0.05, 0) is 43.7 Å². The second kappa shape index (κ2) is 10.4. The Labute approximate surface area is 198 Å². The number of hydrogen-bond acceptors (Lipinski definition) is 6. The molecule has 1 atom stereocenters. The van der Waals surface area contributed by atoms with Crippen molar-refractivity contribution >= 4 is 17.4 Å². The summed E-state index contributed by atoms with van der Waals surface area (Å²) in [5.74, 6) is -1.77. The van der Waals surface area contributed by atoms with Gasteiger partial charge in [-0.2, -0.15) is 0 Å². The SMILES string of the molecule is CCOc1ccc(C(O)=C2C(=O)C(=O)N(CCN3CCOCC3)[C@@H]2c2ccccc2F)cc1C. The Balaban J connectivity index is 1.75. The van der Waals surface area contributed by atoms with Gasteiger partial charge in [0.25, 0.3) is 11.7 Å². The Morgan fingerprint density at radius 1 is 1.15 bits per heavy atom. The van der Waals surface area contributed by atoms with E-state index in [0.717, 1.165) is 18.7 Å². The molecule has 0 aromatic heterocycles. The number of benzene rings is 2. The maximum absolute atomic E-state index is 14.9. The summed E-state index contributed by atoms with van der Waals surface area (Å²) in [6.45, 7) is 7.59. The number of aliphatic hydroxyl groups is 1. The third-order valence-corrected chi connectivity index (χ3v) is 6.25. The van der Waals surface area contributed by atoms with Crippen molar-refractivity contribution in [2.24, 2.45) is 0 Å². The number of halogens is 1. The molecule has 0 aliphatic carbocycles. The topological polar surface area (TPSA) is 79.3 Å². The number of ketones is 1. The van der Waals surface area contributed by atoms with Gasteiger partial charge in [0.1, 0.15) is 17.3 Å². The predicted molar refractivity (Wildman–Crippen MR) is 125 cm³/mol. The summed E-state index contributed by atoms with van der Waals surface area (Å²) in [6.07, 6.45) is 0. The minimum absolute atomic E-state index is 0.111. The van der Waals surface area contributed by atoms with Crippen LogP contribution in [0.25, 0.3) is 5.76 Å². The van der Waals surface area contributed by atoms with Gasteiger partial charge in [-0.1, -0.05) is 18.2 Å². The van der Waals surface area contributed by atoms with Crippen LogP contribution < -0.4 is 4.74 Å². The molecule has 0 spiro atoms. The van der Waals surface area contributed by atoms with Gasteiger partial charge in [-0.15, -0.1) is 0 Å². The quantitative estimate of drug-likeness (QED) is 0.382. The van der Waals surface area contributed by atoms with Gasteiger partial charge in [-0.3, -0.25) is 14.5 Å². The van der Waals surface area contributed by atoms with Crippen LogP contribution in [0.5, 0.6) is 5.75 Å². The smallest absolute Gasteiger partial charge is 0.295 e. The molecular formula is C26H29FN2O5. The molecule has 0 unspecified atom stereocenters. The van der Waals surface area contributed by atoms with Crippen LogP contribution in [-0.2, 0) is 14.3 Å². The van der Waals surface area contributed by atoms with Crippen LogP contribution in [0.2, 0.25) is 0 Å². The van der Waals surface area contributed by atoms with E-state index in [1.807, 2.05) is 13.8 Å². The van der Waals surface area contributed by atoms with Gasteiger partial charge in [0.05, 0.1) is 31.4 Å². The summed E-state index contributed by atoms with van der Waals surface area (Å²) in [5, 5.41) is 11.2.